The fourth-order valence-electron chi connectivity index (χ4n) is 3.67. The van der Waals surface area contributed by atoms with Crippen molar-refractivity contribution in [2.24, 2.45) is 0 Å². The number of carbonyl (C=O) groups excluding carboxylic acids is 1. The molecule has 34 heavy (non-hydrogen) atoms. The van der Waals surface area contributed by atoms with Crippen molar-refractivity contribution >= 4 is 26.9 Å². The number of rotatable bonds is 6. The van der Waals surface area contributed by atoms with E-state index in [-0.39, 0.29) is 23.1 Å². The number of hydrogen-bond acceptors (Lipinski definition) is 6. The van der Waals surface area contributed by atoms with Crippen LogP contribution >= 0.6 is 0 Å². The first-order chi connectivity index (χ1) is 16.1. The van der Waals surface area contributed by atoms with E-state index in [2.05, 4.69) is 9.97 Å². The molecule has 0 unspecified atom stereocenters. The molecular weight excluding hydrogens is 450 g/mol. The Balaban J connectivity index is 1.48. The topological polar surface area (TPSA) is 89.5 Å². The molecule has 0 aliphatic heterocycles. The van der Waals surface area contributed by atoms with Gasteiger partial charge < -0.3 is 9.08 Å². The third-order valence-electron chi connectivity index (χ3n) is 5.49. The predicted molar refractivity (Wildman–Crippen MR) is 130 cm³/mol. The van der Waals surface area contributed by atoms with E-state index < -0.39 is 10.1 Å². The molecule has 1 heterocycles. The standard InChI is InChI=1S/C26H25N3O4S/c1-17-9-10-18(2)24(15-17)34(31,32)33-21-13-11-20(12-14-21)26(30)29(4)16-25-27-19(3)22-7-5-6-8-23(22)28-25/h5-15H,16H2,1-4H3. The Bertz CT molecular complexity index is 1480. The summed E-state index contributed by atoms with van der Waals surface area (Å²) in [5.41, 5.74) is 3.51. The number of nitrogens with zero attached hydrogens (tertiary/aromatic N) is 3. The molecule has 0 spiro atoms. The summed E-state index contributed by atoms with van der Waals surface area (Å²) in [7, 11) is -2.32. The molecule has 0 aliphatic rings. The van der Waals surface area contributed by atoms with Crippen LogP contribution in [-0.4, -0.2) is 36.2 Å². The van der Waals surface area contributed by atoms with Gasteiger partial charge in [-0.3, -0.25) is 4.79 Å². The zero-order valence-corrected chi connectivity index (χ0v) is 20.3. The molecule has 7 nitrogen and oxygen atoms in total. The second-order valence-electron chi connectivity index (χ2n) is 8.23. The van der Waals surface area contributed by atoms with E-state index in [1.54, 1.807) is 38.2 Å². The van der Waals surface area contributed by atoms with Gasteiger partial charge in [0, 0.05) is 23.7 Å². The maximum Gasteiger partial charge on any atom is 0.339 e. The van der Waals surface area contributed by atoms with Gasteiger partial charge in [-0.05, 0) is 68.3 Å². The lowest BCUT2D eigenvalue weighted by Crippen LogP contribution is -2.27. The van der Waals surface area contributed by atoms with Crippen LogP contribution in [0.5, 0.6) is 5.75 Å². The SMILES string of the molecule is Cc1ccc(C)c(S(=O)(=O)Oc2ccc(C(=O)N(C)Cc3nc(C)c4ccccc4n3)cc2)c1. The van der Waals surface area contributed by atoms with Crippen molar-refractivity contribution in [1.29, 1.82) is 0 Å². The minimum atomic E-state index is -3.99. The normalized spacial score (nSPS) is 11.4. The average molecular weight is 476 g/mol. The van der Waals surface area contributed by atoms with E-state index in [0.717, 1.165) is 22.2 Å². The summed E-state index contributed by atoms with van der Waals surface area (Å²) in [6, 6.07) is 18.9. The maximum atomic E-state index is 12.9. The van der Waals surface area contributed by atoms with Crippen LogP contribution in [0.1, 0.15) is 33.0 Å². The molecule has 0 bridgehead atoms. The minimum Gasteiger partial charge on any atom is -0.379 e. The molecule has 3 aromatic carbocycles. The number of amides is 1. The molecule has 0 saturated heterocycles. The summed E-state index contributed by atoms with van der Waals surface area (Å²) in [4.78, 5) is 23.6. The van der Waals surface area contributed by atoms with Crippen molar-refractivity contribution in [3.8, 4) is 5.75 Å². The molecule has 4 rings (SSSR count). The molecule has 1 aromatic heterocycles. The van der Waals surface area contributed by atoms with Gasteiger partial charge in [-0.15, -0.1) is 0 Å². The van der Waals surface area contributed by atoms with Gasteiger partial charge in [-0.2, -0.15) is 8.42 Å². The van der Waals surface area contributed by atoms with Crippen LogP contribution in [0.15, 0.2) is 71.6 Å². The fraction of sp³-hybridized carbons (Fsp3) is 0.192. The number of fused-ring (bicyclic) bond motifs is 1. The third-order valence-corrected chi connectivity index (χ3v) is 6.88. The second-order valence-corrected chi connectivity index (χ2v) is 9.75. The molecule has 0 radical (unpaired) electrons. The molecule has 0 fully saturated rings. The number of aromatic nitrogens is 2. The van der Waals surface area contributed by atoms with Gasteiger partial charge in [0.05, 0.1) is 12.1 Å². The highest BCUT2D eigenvalue weighted by Gasteiger charge is 2.20. The lowest BCUT2D eigenvalue weighted by atomic mass is 10.2. The van der Waals surface area contributed by atoms with Crippen LogP contribution in [0.25, 0.3) is 10.9 Å². The summed E-state index contributed by atoms with van der Waals surface area (Å²) in [6.07, 6.45) is 0. The Kier molecular flexibility index (Phi) is 6.34. The summed E-state index contributed by atoms with van der Waals surface area (Å²) >= 11 is 0. The first-order valence-corrected chi connectivity index (χ1v) is 12.1. The summed E-state index contributed by atoms with van der Waals surface area (Å²) in [5, 5.41) is 0.978. The fourth-order valence-corrected chi connectivity index (χ4v) is 4.92. The Hall–Kier alpha value is -3.78. The van der Waals surface area contributed by atoms with Crippen LogP contribution in [0.3, 0.4) is 0 Å². The molecule has 4 aromatic rings. The van der Waals surface area contributed by atoms with E-state index in [9.17, 15) is 13.2 Å². The number of hydrogen-bond donors (Lipinski definition) is 0. The molecule has 0 saturated carbocycles. The predicted octanol–water partition coefficient (Wildman–Crippen LogP) is 4.59. The van der Waals surface area contributed by atoms with Crippen LogP contribution in [0, 0.1) is 20.8 Å². The van der Waals surface area contributed by atoms with Gasteiger partial charge in [-0.1, -0.05) is 30.3 Å². The summed E-state index contributed by atoms with van der Waals surface area (Å²) in [6.45, 7) is 5.69. The molecule has 174 valence electrons. The van der Waals surface area contributed by atoms with Gasteiger partial charge in [0.15, 0.2) is 0 Å². The quantitative estimate of drug-likeness (QED) is 0.379. The van der Waals surface area contributed by atoms with E-state index in [0.29, 0.717) is 17.0 Å². The molecule has 8 heteroatoms. The Morgan fingerprint density at radius 2 is 1.65 bits per heavy atom. The maximum absolute atomic E-state index is 12.9. The number of aryl methyl sites for hydroxylation is 3. The lowest BCUT2D eigenvalue weighted by molar-refractivity contribution is 0.0781. The van der Waals surface area contributed by atoms with Crippen LogP contribution in [-0.2, 0) is 16.7 Å². The van der Waals surface area contributed by atoms with Gasteiger partial charge in [-0.25, -0.2) is 9.97 Å². The van der Waals surface area contributed by atoms with Crippen LogP contribution in [0.4, 0.5) is 0 Å². The van der Waals surface area contributed by atoms with Crippen molar-refractivity contribution in [3.05, 3.63) is 94.9 Å². The third kappa shape index (κ3) is 4.92. The van der Waals surface area contributed by atoms with Gasteiger partial charge in [0.2, 0.25) is 0 Å². The van der Waals surface area contributed by atoms with E-state index in [1.807, 2.05) is 44.2 Å². The zero-order chi connectivity index (χ0) is 24.5. The van der Waals surface area contributed by atoms with Crippen molar-refractivity contribution < 1.29 is 17.4 Å². The Morgan fingerprint density at radius 1 is 0.941 bits per heavy atom. The smallest absolute Gasteiger partial charge is 0.339 e. The van der Waals surface area contributed by atoms with Crippen molar-refractivity contribution in [2.45, 2.75) is 32.2 Å². The van der Waals surface area contributed by atoms with Crippen molar-refractivity contribution in [3.63, 3.8) is 0 Å². The monoisotopic (exact) mass is 475 g/mol. The van der Waals surface area contributed by atoms with Crippen molar-refractivity contribution in [2.75, 3.05) is 7.05 Å². The summed E-state index contributed by atoms with van der Waals surface area (Å²) < 4.78 is 30.7. The zero-order valence-electron chi connectivity index (χ0n) is 19.4. The molecule has 1 amide bonds. The molecule has 0 atom stereocenters. The highest BCUT2D eigenvalue weighted by atomic mass is 32.2. The first-order valence-electron chi connectivity index (χ1n) is 10.7. The highest BCUT2D eigenvalue weighted by molar-refractivity contribution is 7.87. The average Bonchev–Trinajstić information content (AvgIpc) is 2.80. The molecule has 0 aliphatic carbocycles. The van der Waals surface area contributed by atoms with Gasteiger partial charge in [0.1, 0.15) is 16.5 Å². The molecule has 0 N–H and O–H groups in total. The molecular formula is C26H25N3O4S. The second kappa shape index (κ2) is 9.23. The van der Waals surface area contributed by atoms with Crippen LogP contribution in [0.2, 0.25) is 0 Å². The number of para-hydroxylation sites is 1. The van der Waals surface area contributed by atoms with Gasteiger partial charge >= 0.3 is 10.1 Å². The number of carbonyl (C=O) groups is 1. The minimum absolute atomic E-state index is 0.123. The Morgan fingerprint density at radius 3 is 2.38 bits per heavy atom. The number of benzene rings is 3. The van der Waals surface area contributed by atoms with E-state index in [4.69, 9.17) is 4.18 Å². The van der Waals surface area contributed by atoms with E-state index >= 15 is 0 Å². The Labute approximate surface area is 199 Å². The summed E-state index contributed by atoms with van der Waals surface area (Å²) in [5.74, 6) is 0.443. The lowest BCUT2D eigenvalue weighted by Gasteiger charge is -2.17. The van der Waals surface area contributed by atoms with Gasteiger partial charge in [0.25, 0.3) is 5.91 Å². The van der Waals surface area contributed by atoms with Crippen LogP contribution < -0.4 is 4.18 Å². The van der Waals surface area contributed by atoms with Crippen molar-refractivity contribution in [1.82, 2.24) is 14.9 Å². The first kappa shape index (κ1) is 23.4. The van der Waals surface area contributed by atoms with E-state index in [1.165, 1.54) is 17.0 Å². The highest BCUT2D eigenvalue weighted by Crippen LogP contribution is 2.23. The largest absolute Gasteiger partial charge is 0.379 e.